The Hall–Kier alpha value is -1.69. The molecular formula is C16H16ClFIN3O4. The van der Waals surface area contributed by atoms with Crippen molar-refractivity contribution < 1.29 is 19.1 Å². The molecule has 7 nitrogen and oxygen atoms in total. The second-order valence-electron chi connectivity index (χ2n) is 5.46. The molecule has 0 saturated carbocycles. The van der Waals surface area contributed by atoms with Gasteiger partial charge in [0.1, 0.15) is 23.3 Å². The normalized spacial score (nSPS) is 11.9. The van der Waals surface area contributed by atoms with Gasteiger partial charge in [0, 0.05) is 10.6 Å². The second kappa shape index (κ2) is 8.80. The summed E-state index contributed by atoms with van der Waals surface area (Å²) in [6.07, 6.45) is -0.780. The van der Waals surface area contributed by atoms with Crippen molar-refractivity contribution in [1.29, 1.82) is 0 Å². The smallest absolute Gasteiger partial charge is 0.278 e. The number of halogens is 3. The van der Waals surface area contributed by atoms with E-state index < -0.39 is 23.4 Å². The predicted octanol–water partition coefficient (Wildman–Crippen LogP) is 2.57. The molecule has 1 heterocycles. The lowest BCUT2D eigenvalue weighted by Gasteiger charge is -2.17. The highest BCUT2D eigenvalue weighted by atomic mass is 127. The van der Waals surface area contributed by atoms with Crippen LogP contribution in [-0.4, -0.2) is 28.3 Å². The minimum absolute atomic E-state index is 0.0272. The van der Waals surface area contributed by atoms with E-state index in [9.17, 15) is 14.0 Å². The Morgan fingerprint density at radius 2 is 2.15 bits per heavy atom. The summed E-state index contributed by atoms with van der Waals surface area (Å²) >= 11 is 7.84. The van der Waals surface area contributed by atoms with Crippen LogP contribution in [0.2, 0.25) is 5.02 Å². The van der Waals surface area contributed by atoms with E-state index in [2.05, 4.69) is 10.8 Å². The molecule has 1 aromatic carbocycles. The molecule has 26 heavy (non-hydrogen) atoms. The first-order valence-electron chi connectivity index (χ1n) is 7.42. The van der Waals surface area contributed by atoms with Gasteiger partial charge in [-0.05, 0) is 53.8 Å². The van der Waals surface area contributed by atoms with E-state index in [4.69, 9.17) is 21.5 Å². The monoisotopic (exact) mass is 495 g/mol. The summed E-state index contributed by atoms with van der Waals surface area (Å²) < 4.78 is 15.9. The fourth-order valence-electron chi connectivity index (χ4n) is 2.02. The molecular weight excluding hydrogens is 480 g/mol. The van der Waals surface area contributed by atoms with Crippen LogP contribution in [0.15, 0.2) is 29.1 Å². The van der Waals surface area contributed by atoms with Crippen LogP contribution in [0, 0.1) is 9.39 Å². The number of nitrogens with zero attached hydrogens (tertiary/aromatic N) is 1. The third-order valence-electron chi connectivity index (χ3n) is 3.29. The standard InChI is InChI=1S/C16H16ClFIN3O4/c1-8(23)7-26-21-15(24)10-6-11(17)16(25)22(2)14(10)20-13-4-3-9(19)5-12(13)18/h3-6,8,20,23H,7H2,1-2H3,(H,21,24). The number of carbonyl (C=O) groups excluding carboxylic acids is 1. The molecule has 2 aromatic rings. The molecule has 1 atom stereocenters. The number of hydrogen-bond acceptors (Lipinski definition) is 5. The van der Waals surface area contributed by atoms with E-state index in [1.54, 1.807) is 6.07 Å². The summed E-state index contributed by atoms with van der Waals surface area (Å²) in [5.41, 5.74) is 1.65. The molecule has 0 fully saturated rings. The first-order valence-corrected chi connectivity index (χ1v) is 8.88. The van der Waals surface area contributed by atoms with Crippen LogP contribution in [0.25, 0.3) is 0 Å². The zero-order valence-corrected chi connectivity index (χ0v) is 16.8. The third-order valence-corrected chi connectivity index (χ3v) is 4.23. The van der Waals surface area contributed by atoms with Crippen molar-refractivity contribution in [2.75, 3.05) is 11.9 Å². The van der Waals surface area contributed by atoms with Crippen LogP contribution < -0.4 is 16.4 Å². The first-order chi connectivity index (χ1) is 12.2. The van der Waals surface area contributed by atoms with Crippen molar-refractivity contribution >= 4 is 51.6 Å². The van der Waals surface area contributed by atoms with Gasteiger partial charge < -0.3 is 10.4 Å². The molecule has 0 aliphatic heterocycles. The lowest BCUT2D eigenvalue weighted by atomic mass is 10.2. The summed E-state index contributed by atoms with van der Waals surface area (Å²) in [4.78, 5) is 29.3. The van der Waals surface area contributed by atoms with Crippen LogP contribution in [0.3, 0.4) is 0 Å². The Balaban J connectivity index is 2.41. The van der Waals surface area contributed by atoms with E-state index in [0.29, 0.717) is 3.57 Å². The Labute approximate surface area is 167 Å². The number of carbonyl (C=O) groups is 1. The number of hydroxylamine groups is 1. The molecule has 1 aromatic heterocycles. The van der Waals surface area contributed by atoms with Crippen molar-refractivity contribution in [1.82, 2.24) is 10.0 Å². The molecule has 1 unspecified atom stereocenters. The van der Waals surface area contributed by atoms with Crippen molar-refractivity contribution in [2.45, 2.75) is 13.0 Å². The van der Waals surface area contributed by atoms with Crippen molar-refractivity contribution in [3.8, 4) is 0 Å². The Morgan fingerprint density at radius 3 is 2.77 bits per heavy atom. The number of hydrogen-bond donors (Lipinski definition) is 3. The van der Waals surface area contributed by atoms with Crippen LogP contribution in [-0.2, 0) is 11.9 Å². The number of benzene rings is 1. The fourth-order valence-corrected chi connectivity index (χ4v) is 2.71. The van der Waals surface area contributed by atoms with Gasteiger partial charge in [-0.25, -0.2) is 9.87 Å². The average Bonchev–Trinajstić information content (AvgIpc) is 2.56. The lowest BCUT2D eigenvalue weighted by molar-refractivity contribution is -0.00685. The molecule has 0 aliphatic rings. The SMILES string of the molecule is CC(O)CONC(=O)c1cc(Cl)c(=O)n(C)c1Nc1ccc(I)cc1F. The highest BCUT2D eigenvalue weighted by molar-refractivity contribution is 14.1. The van der Waals surface area contributed by atoms with Gasteiger partial charge in [0.15, 0.2) is 0 Å². The quantitative estimate of drug-likeness (QED) is 0.423. The summed E-state index contributed by atoms with van der Waals surface area (Å²) in [6, 6.07) is 5.63. The molecule has 0 saturated heterocycles. The van der Waals surface area contributed by atoms with Crippen molar-refractivity contribution in [3.05, 3.63) is 54.6 Å². The van der Waals surface area contributed by atoms with E-state index in [1.807, 2.05) is 22.6 Å². The Bertz CT molecular complexity index is 889. The van der Waals surface area contributed by atoms with Crippen LogP contribution in [0.4, 0.5) is 15.9 Å². The minimum Gasteiger partial charge on any atom is -0.391 e. The van der Waals surface area contributed by atoms with Gasteiger partial charge in [0.25, 0.3) is 11.5 Å². The molecule has 3 N–H and O–H groups in total. The fraction of sp³-hybridized carbons (Fsp3) is 0.250. The van der Waals surface area contributed by atoms with Gasteiger partial charge in [-0.2, -0.15) is 0 Å². The highest BCUT2D eigenvalue weighted by Crippen LogP contribution is 2.24. The Kier molecular flexibility index (Phi) is 6.98. The third kappa shape index (κ3) is 4.93. The zero-order chi connectivity index (χ0) is 19.4. The van der Waals surface area contributed by atoms with E-state index in [0.717, 1.165) is 10.6 Å². The number of aromatic nitrogens is 1. The first kappa shape index (κ1) is 20.6. The molecule has 1 amide bonds. The molecule has 0 spiro atoms. The number of pyridine rings is 1. The number of nitrogens with one attached hydrogen (secondary N) is 2. The van der Waals surface area contributed by atoms with Gasteiger partial charge in [0.05, 0.1) is 17.4 Å². The van der Waals surface area contributed by atoms with E-state index in [1.165, 1.54) is 26.1 Å². The molecule has 2 rings (SSSR count). The van der Waals surface area contributed by atoms with Gasteiger partial charge in [-0.1, -0.05) is 11.6 Å². The molecule has 10 heteroatoms. The summed E-state index contributed by atoms with van der Waals surface area (Å²) in [5.74, 6) is -1.22. The molecule has 140 valence electrons. The topological polar surface area (TPSA) is 92.6 Å². The van der Waals surface area contributed by atoms with Crippen molar-refractivity contribution in [2.24, 2.45) is 7.05 Å². The number of aliphatic hydroxyl groups excluding tert-OH is 1. The maximum absolute atomic E-state index is 14.1. The lowest BCUT2D eigenvalue weighted by Crippen LogP contribution is -2.30. The van der Waals surface area contributed by atoms with E-state index >= 15 is 0 Å². The second-order valence-corrected chi connectivity index (χ2v) is 7.11. The summed E-state index contributed by atoms with van der Waals surface area (Å²) in [5, 5.41) is 11.7. The van der Waals surface area contributed by atoms with Gasteiger partial charge in [-0.15, -0.1) is 0 Å². The van der Waals surface area contributed by atoms with Crippen molar-refractivity contribution in [3.63, 3.8) is 0 Å². The highest BCUT2D eigenvalue weighted by Gasteiger charge is 2.19. The van der Waals surface area contributed by atoms with Crippen LogP contribution in [0.1, 0.15) is 17.3 Å². The van der Waals surface area contributed by atoms with Gasteiger partial charge in [-0.3, -0.25) is 19.0 Å². The van der Waals surface area contributed by atoms with Crippen LogP contribution >= 0.6 is 34.2 Å². The molecule has 0 radical (unpaired) electrons. The van der Waals surface area contributed by atoms with Gasteiger partial charge in [0.2, 0.25) is 0 Å². The van der Waals surface area contributed by atoms with Crippen LogP contribution in [0.5, 0.6) is 0 Å². The number of amides is 1. The summed E-state index contributed by atoms with van der Waals surface area (Å²) in [6.45, 7) is 1.36. The van der Waals surface area contributed by atoms with Gasteiger partial charge >= 0.3 is 0 Å². The predicted molar refractivity (Wildman–Crippen MR) is 104 cm³/mol. The number of anilines is 2. The summed E-state index contributed by atoms with van der Waals surface area (Å²) in [7, 11) is 1.40. The van der Waals surface area contributed by atoms with E-state index in [-0.39, 0.29) is 28.7 Å². The minimum atomic E-state index is -0.780. The largest absolute Gasteiger partial charge is 0.391 e. The zero-order valence-electron chi connectivity index (χ0n) is 13.8. The maximum atomic E-state index is 14.1. The Morgan fingerprint density at radius 1 is 1.46 bits per heavy atom. The molecule has 0 aliphatic carbocycles. The molecule has 0 bridgehead atoms. The number of rotatable bonds is 6. The maximum Gasteiger partial charge on any atom is 0.278 e. The number of aliphatic hydroxyl groups is 1. The average molecular weight is 496 g/mol.